The minimum Gasteiger partial charge on any atom is -0.395 e. The number of hydrogen-bond donors (Lipinski definition) is 2. The molecular formula is C18H28N4O3. The topological polar surface area (TPSA) is 85.8 Å². The molecule has 2 N–H and O–H groups in total. The van der Waals surface area contributed by atoms with Gasteiger partial charge in [-0.15, -0.1) is 0 Å². The van der Waals surface area contributed by atoms with Gasteiger partial charge in [-0.05, 0) is 32.9 Å². The first-order chi connectivity index (χ1) is 11.7. The highest BCUT2D eigenvalue weighted by Crippen LogP contribution is 2.27. The smallest absolute Gasteiger partial charge is 0.270 e. The second-order valence-electron chi connectivity index (χ2n) is 7.50. The molecule has 2 rings (SSSR count). The van der Waals surface area contributed by atoms with Gasteiger partial charge in [0, 0.05) is 56.4 Å². The number of aliphatic hydroxyl groups is 1. The Balaban J connectivity index is 2.01. The van der Waals surface area contributed by atoms with Crippen LogP contribution in [0.15, 0.2) is 18.3 Å². The first kappa shape index (κ1) is 19.2. The Bertz CT molecular complexity index is 627. The van der Waals surface area contributed by atoms with Gasteiger partial charge in [0.05, 0.1) is 6.61 Å². The average Bonchev–Trinajstić information content (AvgIpc) is 2.93. The van der Waals surface area contributed by atoms with Crippen LogP contribution < -0.4 is 10.2 Å². The lowest BCUT2D eigenvalue weighted by Gasteiger charge is -2.32. The molecule has 138 valence electrons. The Morgan fingerprint density at radius 1 is 1.48 bits per heavy atom. The molecule has 1 saturated heterocycles. The maximum absolute atomic E-state index is 12.2. The quantitative estimate of drug-likeness (QED) is 0.797. The third kappa shape index (κ3) is 4.92. The van der Waals surface area contributed by atoms with E-state index in [-0.39, 0.29) is 36.4 Å². The summed E-state index contributed by atoms with van der Waals surface area (Å²) in [4.78, 5) is 32.2. The van der Waals surface area contributed by atoms with Gasteiger partial charge in [0.1, 0.15) is 5.69 Å². The Kier molecular flexibility index (Phi) is 6.00. The van der Waals surface area contributed by atoms with E-state index in [0.29, 0.717) is 12.1 Å². The number of hydrogen-bond acceptors (Lipinski definition) is 5. The highest BCUT2D eigenvalue weighted by atomic mass is 16.3. The van der Waals surface area contributed by atoms with Gasteiger partial charge < -0.3 is 20.2 Å². The van der Waals surface area contributed by atoms with Crippen molar-refractivity contribution in [3.63, 3.8) is 0 Å². The summed E-state index contributed by atoms with van der Waals surface area (Å²) in [6, 6.07) is 3.58. The Labute approximate surface area is 149 Å². The molecule has 1 unspecified atom stereocenters. The summed E-state index contributed by atoms with van der Waals surface area (Å²) in [5, 5.41) is 11.4. The molecule has 0 bridgehead atoms. The molecule has 0 spiro atoms. The molecule has 1 aromatic heterocycles. The lowest BCUT2D eigenvalue weighted by atomic mass is 10.1. The van der Waals surface area contributed by atoms with Crippen LogP contribution in [-0.2, 0) is 4.79 Å². The number of likely N-dealkylation sites (tertiary alicyclic amines) is 1. The van der Waals surface area contributed by atoms with E-state index in [4.69, 9.17) is 5.11 Å². The highest BCUT2D eigenvalue weighted by molar-refractivity contribution is 5.93. The summed E-state index contributed by atoms with van der Waals surface area (Å²) < 4.78 is 0. The second kappa shape index (κ2) is 7.82. The molecule has 1 aliphatic heterocycles. The van der Waals surface area contributed by atoms with Crippen LogP contribution in [0.5, 0.6) is 0 Å². The van der Waals surface area contributed by atoms with Crippen LogP contribution in [0, 0.1) is 5.92 Å². The van der Waals surface area contributed by atoms with Crippen molar-refractivity contribution in [2.75, 3.05) is 38.2 Å². The van der Waals surface area contributed by atoms with Crippen molar-refractivity contribution in [3.05, 3.63) is 24.0 Å². The fraction of sp³-hybridized carbons (Fsp3) is 0.611. The highest BCUT2D eigenvalue weighted by Gasteiger charge is 2.36. The lowest BCUT2D eigenvalue weighted by Crippen LogP contribution is -2.42. The van der Waals surface area contributed by atoms with Crippen molar-refractivity contribution >= 4 is 17.5 Å². The van der Waals surface area contributed by atoms with Crippen LogP contribution in [0.3, 0.4) is 0 Å². The number of aliphatic hydroxyl groups excluding tert-OH is 1. The van der Waals surface area contributed by atoms with E-state index in [1.165, 1.54) is 0 Å². The minimum atomic E-state index is -0.306. The number of nitrogens with zero attached hydrogens (tertiary/aromatic N) is 3. The van der Waals surface area contributed by atoms with E-state index in [1.54, 1.807) is 12.3 Å². The standard InChI is InChI=1S/C18H28N4O3/c1-18(2,3)22-12-13(9-16(22)24)11-21(4)14-5-6-19-15(10-14)17(25)20-7-8-23/h5-6,10,13,23H,7-9,11-12H2,1-4H3,(H,20,25). The SMILES string of the molecule is CN(CC1CC(=O)N(C(C)(C)C)C1)c1ccnc(C(=O)NCCO)c1. The fourth-order valence-electron chi connectivity index (χ4n) is 3.09. The molecule has 0 radical (unpaired) electrons. The van der Waals surface area contributed by atoms with E-state index in [2.05, 4.69) is 36.0 Å². The van der Waals surface area contributed by atoms with Gasteiger partial charge in [0.15, 0.2) is 0 Å². The Morgan fingerprint density at radius 3 is 2.80 bits per heavy atom. The first-order valence-corrected chi connectivity index (χ1v) is 8.59. The zero-order valence-electron chi connectivity index (χ0n) is 15.5. The predicted octanol–water partition coefficient (Wildman–Crippen LogP) is 0.887. The van der Waals surface area contributed by atoms with Crippen LogP contribution in [0.1, 0.15) is 37.7 Å². The molecule has 2 heterocycles. The van der Waals surface area contributed by atoms with Crippen molar-refractivity contribution in [3.8, 4) is 0 Å². The normalized spacial score (nSPS) is 17.7. The Hall–Kier alpha value is -2.15. The molecule has 1 aliphatic rings. The average molecular weight is 348 g/mol. The van der Waals surface area contributed by atoms with E-state index in [1.807, 2.05) is 18.0 Å². The lowest BCUT2D eigenvalue weighted by molar-refractivity contribution is -0.131. The molecule has 7 nitrogen and oxygen atoms in total. The minimum absolute atomic E-state index is 0.106. The zero-order chi connectivity index (χ0) is 18.6. The van der Waals surface area contributed by atoms with Crippen LogP contribution in [0.4, 0.5) is 5.69 Å². The maximum atomic E-state index is 12.2. The second-order valence-corrected chi connectivity index (χ2v) is 7.50. The van der Waals surface area contributed by atoms with Gasteiger partial charge in [0.25, 0.3) is 5.91 Å². The van der Waals surface area contributed by atoms with Crippen molar-refractivity contribution in [1.29, 1.82) is 0 Å². The number of carbonyl (C=O) groups is 2. The van der Waals surface area contributed by atoms with E-state index < -0.39 is 0 Å². The molecule has 0 saturated carbocycles. The molecule has 25 heavy (non-hydrogen) atoms. The van der Waals surface area contributed by atoms with Crippen molar-refractivity contribution in [2.24, 2.45) is 5.92 Å². The monoisotopic (exact) mass is 348 g/mol. The van der Waals surface area contributed by atoms with Gasteiger partial charge in [0.2, 0.25) is 5.91 Å². The fourth-order valence-corrected chi connectivity index (χ4v) is 3.09. The summed E-state index contributed by atoms with van der Waals surface area (Å²) in [6.07, 6.45) is 2.15. The predicted molar refractivity (Wildman–Crippen MR) is 96.5 cm³/mol. The van der Waals surface area contributed by atoms with E-state index in [9.17, 15) is 9.59 Å². The zero-order valence-corrected chi connectivity index (χ0v) is 15.5. The van der Waals surface area contributed by atoms with Crippen LogP contribution in [0.2, 0.25) is 0 Å². The molecular weight excluding hydrogens is 320 g/mol. The number of rotatable bonds is 6. The molecule has 1 aromatic rings. The molecule has 7 heteroatoms. The van der Waals surface area contributed by atoms with Gasteiger partial charge in [-0.1, -0.05) is 0 Å². The van der Waals surface area contributed by atoms with E-state index in [0.717, 1.165) is 18.8 Å². The molecule has 1 atom stereocenters. The van der Waals surface area contributed by atoms with Crippen molar-refractivity contribution < 1.29 is 14.7 Å². The first-order valence-electron chi connectivity index (χ1n) is 8.59. The summed E-state index contributed by atoms with van der Waals surface area (Å²) in [6.45, 7) is 7.74. The van der Waals surface area contributed by atoms with Crippen molar-refractivity contribution in [2.45, 2.75) is 32.7 Å². The summed E-state index contributed by atoms with van der Waals surface area (Å²) in [5.41, 5.74) is 1.04. The maximum Gasteiger partial charge on any atom is 0.270 e. The number of nitrogens with one attached hydrogen (secondary N) is 1. The van der Waals surface area contributed by atoms with Crippen LogP contribution >= 0.6 is 0 Å². The van der Waals surface area contributed by atoms with Crippen LogP contribution in [-0.4, -0.2) is 65.6 Å². The number of anilines is 1. The van der Waals surface area contributed by atoms with Crippen LogP contribution in [0.25, 0.3) is 0 Å². The van der Waals surface area contributed by atoms with Crippen molar-refractivity contribution in [1.82, 2.24) is 15.2 Å². The number of carbonyl (C=O) groups excluding carboxylic acids is 2. The molecule has 0 aliphatic carbocycles. The molecule has 0 aromatic carbocycles. The van der Waals surface area contributed by atoms with E-state index >= 15 is 0 Å². The third-order valence-electron chi connectivity index (χ3n) is 4.36. The summed E-state index contributed by atoms with van der Waals surface area (Å²) in [7, 11) is 1.95. The third-order valence-corrected chi connectivity index (χ3v) is 4.36. The molecule has 2 amide bonds. The van der Waals surface area contributed by atoms with Gasteiger partial charge in [-0.2, -0.15) is 0 Å². The largest absolute Gasteiger partial charge is 0.395 e. The van der Waals surface area contributed by atoms with Gasteiger partial charge >= 0.3 is 0 Å². The number of amides is 2. The summed E-state index contributed by atoms with van der Waals surface area (Å²) in [5.74, 6) is 0.153. The number of aromatic nitrogens is 1. The van der Waals surface area contributed by atoms with Gasteiger partial charge in [-0.25, -0.2) is 0 Å². The molecule has 1 fully saturated rings. The summed E-state index contributed by atoms with van der Waals surface area (Å²) >= 11 is 0. The van der Waals surface area contributed by atoms with Gasteiger partial charge in [-0.3, -0.25) is 14.6 Å². The number of pyridine rings is 1. The Morgan fingerprint density at radius 2 is 2.20 bits per heavy atom.